The smallest absolute Gasteiger partial charge is 0.315 e. The van der Waals surface area contributed by atoms with Crippen LogP contribution in [0, 0.1) is 6.92 Å². The Morgan fingerprint density at radius 2 is 1.56 bits per heavy atom. The van der Waals surface area contributed by atoms with Gasteiger partial charge >= 0.3 is 5.97 Å². The molecule has 3 aromatic carbocycles. The van der Waals surface area contributed by atoms with Gasteiger partial charge in [0.1, 0.15) is 11.5 Å². The zero-order valence-corrected chi connectivity index (χ0v) is 20.5. The molecule has 0 unspecified atom stereocenters. The summed E-state index contributed by atoms with van der Waals surface area (Å²) in [6.45, 7) is 3.66. The topological polar surface area (TPSA) is 57.5 Å². The number of benzene rings is 3. The molecule has 0 N–H and O–H groups in total. The van der Waals surface area contributed by atoms with Crippen molar-refractivity contribution in [2.45, 2.75) is 20.3 Å². The molecule has 0 saturated heterocycles. The Balaban J connectivity index is 1.70. The van der Waals surface area contributed by atoms with Gasteiger partial charge in [-0.3, -0.25) is 14.2 Å². The van der Waals surface area contributed by atoms with E-state index in [4.69, 9.17) is 33.3 Å². The van der Waals surface area contributed by atoms with E-state index in [1.807, 2.05) is 38.1 Å². The van der Waals surface area contributed by atoms with Crippen LogP contribution in [0.15, 0.2) is 66.7 Å². The number of aromatic nitrogens is 1. The molecule has 0 aliphatic rings. The number of esters is 1. The number of hydrogen-bond acceptors (Lipinski definition) is 5. The van der Waals surface area contributed by atoms with Crippen molar-refractivity contribution in [2.75, 3.05) is 7.11 Å². The molecular weight excluding hydrogens is 470 g/mol. The summed E-state index contributed by atoms with van der Waals surface area (Å²) in [5.74, 6) is 0.413. The van der Waals surface area contributed by atoms with Crippen molar-refractivity contribution in [2.24, 2.45) is 0 Å². The molecule has 0 radical (unpaired) electrons. The first-order valence-corrected chi connectivity index (χ1v) is 11.4. The van der Waals surface area contributed by atoms with E-state index in [0.29, 0.717) is 38.9 Å². The summed E-state index contributed by atoms with van der Waals surface area (Å²) >= 11 is 11.2. The van der Waals surface area contributed by atoms with Gasteiger partial charge in [-0.05, 0) is 79.6 Å². The van der Waals surface area contributed by atoms with Crippen molar-refractivity contribution in [1.29, 1.82) is 0 Å². The molecule has 0 aliphatic carbocycles. The van der Waals surface area contributed by atoms with Gasteiger partial charge in [-0.25, -0.2) is 0 Å². The molecule has 34 heavy (non-hydrogen) atoms. The largest absolute Gasteiger partial charge is 0.497 e. The Hall–Kier alpha value is -3.48. The Bertz CT molecular complexity index is 1410. The lowest BCUT2D eigenvalue weighted by molar-refractivity contribution is -0.133. The first-order valence-electron chi connectivity index (χ1n) is 10.6. The van der Waals surface area contributed by atoms with Gasteiger partial charge in [-0.15, -0.1) is 0 Å². The highest BCUT2D eigenvalue weighted by Gasteiger charge is 2.22. The van der Waals surface area contributed by atoms with E-state index in [-0.39, 0.29) is 12.3 Å². The van der Waals surface area contributed by atoms with E-state index < -0.39 is 5.97 Å². The summed E-state index contributed by atoms with van der Waals surface area (Å²) in [5.41, 5.74) is 3.44. The highest BCUT2D eigenvalue weighted by Crippen LogP contribution is 2.31. The zero-order chi connectivity index (χ0) is 24.4. The minimum absolute atomic E-state index is 0.00958. The first kappa shape index (κ1) is 23.7. The summed E-state index contributed by atoms with van der Waals surface area (Å²) in [5, 5.41) is 1.30. The lowest BCUT2D eigenvalue weighted by Gasteiger charge is -2.08. The Labute approximate surface area is 207 Å². The van der Waals surface area contributed by atoms with Crippen LogP contribution in [-0.2, 0) is 11.2 Å². The monoisotopic (exact) mass is 491 g/mol. The second-order valence-electron chi connectivity index (χ2n) is 7.83. The van der Waals surface area contributed by atoms with Crippen LogP contribution in [0.1, 0.15) is 34.1 Å². The van der Waals surface area contributed by atoms with Gasteiger partial charge in [0.05, 0.1) is 19.0 Å². The van der Waals surface area contributed by atoms with Crippen LogP contribution >= 0.6 is 23.8 Å². The maximum Gasteiger partial charge on any atom is 0.315 e. The van der Waals surface area contributed by atoms with Gasteiger partial charge < -0.3 is 9.47 Å². The quantitative estimate of drug-likeness (QED) is 0.139. The number of carbonyl (C=O) groups is 2. The van der Waals surface area contributed by atoms with E-state index in [0.717, 1.165) is 15.8 Å². The fourth-order valence-electron chi connectivity index (χ4n) is 3.87. The van der Waals surface area contributed by atoms with Crippen molar-refractivity contribution >= 4 is 51.5 Å². The van der Waals surface area contributed by atoms with Gasteiger partial charge in [-0.1, -0.05) is 36.0 Å². The number of ether oxygens (including phenoxy) is 2. The number of rotatable bonds is 6. The predicted octanol–water partition coefficient (Wildman–Crippen LogP) is 6.19. The molecule has 5 nitrogen and oxygen atoms in total. The molecular formula is C27H22ClNO4S. The van der Waals surface area contributed by atoms with Crippen molar-refractivity contribution in [3.8, 4) is 11.5 Å². The molecule has 4 aromatic rings. The number of methoxy groups -OCH3 is 1. The van der Waals surface area contributed by atoms with Crippen LogP contribution in [0.4, 0.5) is 0 Å². The number of nitrogens with zero attached hydrogens (tertiary/aromatic N) is 1. The average molecular weight is 492 g/mol. The minimum Gasteiger partial charge on any atom is -0.497 e. The van der Waals surface area contributed by atoms with E-state index in [1.165, 1.54) is 0 Å². The minimum atomic E-state index is -0.435. The van der Waals surface area contributed by atoms with Gasteiger partial charge in [-0.2, -0.15) is 0 Å². The highest BCUT2D eigenvalue weighted by atomic mass is 35.5. The molecule has 0 spiro atoms. The lowest BCUT2D eigenvalue weighted by atomic mass is 10.1. The van der Waals surface area contributed by atoms with Crippen molar-refractivity contribution in [3.05, 3.63) is 94.1 Å². The Kier molecular flexibility index (Phi) is 6.82. The van der Waals surface area contributed by atoms with E-state index in [9.17, 15) is 9.59 Å². The standard InChI is InChI=1S/C27H22ClNO4S/c1-16-23(15-26(30)33-21-10-6-18(7-11-21)17(2)34)24-14-22(32-3)12-13-25(24)29(16)27(31)19-4-8-20(28)9-5-19/h4-14H,15H2,1-3H3. The second kappa shape index (κ2) is 9.79. The normalized spacial score (nSPS) is 10.8. The lowest BCUT2D eigenvalue weighted by Crippen LogP contribution is -2.15. The molecule has 0 amide bonds. The molecule has 1 heterocycles. The molecule has 0 fully saturated rings. The first-order chi connectivity index (χ1) is 16.3. The van der Waals surface area contributed by atoms with Gasteiger partial charge in [0.25, 0.3) is 5.91 Å². The van der Waals surface area contributed by atoms with Gasteiger partial charge in [0.15, 0.2) is 0 Å². The maximum absolute atomic E-state index is 13.4. The fourth-order valence-corrected chi connectivity index (χ4v) is 4.13. The number of hydrogen-bond donors (Lipinski definition) is 0. The second-order valence-corrected chi connectivity index (χ2v) is 8.87. The summed E-state index contributed by atoms with van der Waals surface area (Å²) < 4.78 is 12.5. The van der Waals surface area contributed by atoms with Crippen molar-refractivity contribution in [3.63, 3.8) is 0 Å². The van der Waals surface area contributed by atoms with Crippen LogP contribution < -0.4 is 9.47 Å². The Morgan fingerprint density at radius 1 is 0.941 bits per heavy atom. The zero-order valence-electron chi connectivity index (χ0n) is 18.9. The molecule has 0 atom stereocenters. The summed E-state index contributed by atoms with van der Waals surface area (Å²) in [7, 11) is 1.57. The molecule has 0 aliphatic heterocycles. The molecule has 0 bridgehead atoms. The third-order valence-corrected chi connectivity index (χ3v) is 6.14. The predicted molar refractivity (Wildman–Crippen MR) is 138 cm³/mol. The van der Waals surface area contributed by atoms with Crippen LogP contribution in [0.2, 0.25) is 5.02 Å². The summed E-state index contributed by atoms with van der Waals surface area (Å²) in [4.78, 5) is 27.0. The maximum atomic E-state index is 13.4. The van der Waals surface area contributed by atoms with Gasteiger partial charge in [0, 0.05) is 26.5 Å². The molecule has 1 aromatic heterocycles. The molecule has 0 saturated carbocycles. The average Bonchev–Trinajstić information content (AvgIpc) is 3.09. The van der Waals surface area contributed by atoms with Crippen LogP contribution in [0.3, 0.4) is 0 Å². The Morgan fingerprint density at radius 3 is 2.18 bits per heavy atom. The highest BCUT2D eigenvalue weighted by molar-refractivity contribution is 7.80. The number of thiocarbonyl (C=S) groups is 1. The molecule has 7 heteroatoms. The number of fused-ring (bicyclic) bond motifs is 1. The van der Waals surface area contributed by atoms with Crippen molar-refractivity contribution < 1.29 is 19.1 Å². The SMILES string of the molecule is COc1ccc2c(c1)c(CC(=O)Oc1ccc(C(C)=S)cc1)c(C)n2C(=O)c1ccc(Cl)cc1. The van der Waals surface area contributed by atoms with Crippen molar-refractivity contribution in [1.82, 2.24) is 4.57 Å². The summed E-state index contributed by atoms with van der Waals surface area (Å²) in [6, 6.07) is 19.2. The third-order valence-electron chi connectivity index (χ3n) is 5.65. The summed E-state index contributed by atoms with van der Waals surface area (Å²) in [6.07, 6.45) is -0.00958. The van der Waals surface area contributed by atoms with Crippen LogP contribution in [0.25, 0.3) is 10.9 Å². The number of halogens is 1. The number of carbonyl (C=O) groups excluding carboxylic acids is 2. The molecule has 4 rings (SSSR count). The van der Waals surface area contributed by atoms with E-state index in [1.54, 1.807) is 54.1 Å². The van der Waals surface area contributed by atoms with Gasteiger partial charge in [0.2, 0.25) is 0 Å². The third kappa shape index (κ3) is 4.74. The van der Waals surface area contributed by atoms with Crippen LogP contribution in [0.5, 0.6) is 11.5 Å². The molecule has 172 valence electrons. The fraction of sp³-hybridized carbons (Fsp3) is 0.148. The van der Waals surface area contributed by atoms with E-state index in [2.05, 4.69) is 0 Å². The van der Waals surface area contributed by atoms with Crippen LogP contribution in [-0.4, -0.2) is 28.4 Å². The van der Waals surface area contributed by atoms with E-state index >= 15 is 0 Å².